The standard InChI is InChI=1S/C39H25N4S/c1-44-32-18-10-7-15-28(32)34-33(44)22-21-30-35(34)36(23-11-3-2-4-12-23)42-39(41-30)43-31-17-9-6-14-25(31)27-20-19-26-24-13-5-8-16-29(24)40-37(26)38(27)43/h2-22,40H,1H3/q+1. The zero-order chi connectivity index (χ0) is 28.9. The third-order valence-electron chi connectivity index (χ3n) is 9.19. The number of fused-ring (bicyclic) bond motifs is 12. The fourth-order valence-electron chi connectivity index (χ4n) is 7.26. The Morgan fingerprint density at radius 3 is 2.18 bits per heavy atom. The van der Waals surface area contributed by atoms with Gasteiger partial charge in [-0.1, -0.05) is 91.0 Å². The number of aryl methyl sites for hydroxylation is 1. The fourth-order valence-corrected chi connectivity index (χ4v) is 9.07. The van der Waals surface area contributed by atoms with Gasteiger partial charge in [-0.15, -0.1) is 0 Å². The van der Waals surface area contributed by atoms with Gasteiger partial charge in [-0.3, -0.25) is 4.57 Å². The first kappa shape index (κ1) is 24.0. The Hall–Kier alpha value is -5.52. The summed E-state index contributed by atoms with van der Waals surface area (Å²) >= 11 is 0. The number of para-hydroxylation sites is 2. The van der Waals surface area contributed by atoms with E-state index in [1.54, 1.807) is 0 Å². The summed E-state index contributed by atoms with van der Waals surface area (Å²) in [5.74, 6) is 0.676. The van der Waals surface area contributed by atoms with Crippen molar-refractivity contribution in [3.63, 3.8) is 0 Å². The van der Waals surface area contributed by atoms with Gasteiger partial charge < -0.3 is 4.98 Å². The van der Waals surface area contributed by atoms with Crippen molar-refractivity contribution >= 4 is 85.2 Å². The minimum Gasteiger partial charge on any atom is -0.353 e. The first-order valence-corrected chi connectivity index (χ1v) is 16.5. The maximum Gasteiger partial charge on any atom is 0.235 e. The first-order valence-electron chi connectivity index (χ1n) is 14.8. The lowest BCUT2D eigenvalue weighted by atomic mass is 10.0. The molecule has 4 nitrogen and oxygen atoms in total. The summed E-state index contributed by atoms with van der Waals surface area (Å²) in [6.45, 7) is 0. The molecule has 0 radical (unpaired) electrons. The first-order chi connectivity index (χ1) is 21.8. The van der Waals surface area contributed by atoms with Crippen molar-refractivity contribution in [1.82, 2.24) is 19.5 Å². The van der Waals surface area contributed by atoms with E-state index in [2.05, 4.69) is 143 Å². The van der Waals surface area contributed by atoms with E-state index < -0.39 is 0 Å². The van der Waals surface area contributed by atoms with Gasteiger partial charge in [0, 0.05) is 49.5 Å². The molecule has 0 saturated heterocycles. The second-order valence-electron chi connectivity index (χ2n) is 11.5. The number of nitrogens with zero attached hydrogens (tertiary/aromatic N) is 3. The SMILES string of the molecule is C[s+]1c2ccccc2c2c3c(-c4ccccc4)nc(-n4c5ccccc5c5ccc6c7ccccc7[nH]c6c54)nc3ccc21. The minimum atomic E-state index is -0.00403. The molecule has 0 fully saturated rings. The average Bonchev–Trinajstić information content (AvgIpc) is 3.72. The second-order valence-corrected chi connectivity index (χ2v) is 13.4. The molecule has 0 aliphatic heterocycles. The van der Waals surface area contributed by atoms with Crippen LogP contribution in [0.25, 0.3) is 91.9 Å². The van der Waals surface area contributed by atoms with Crippen molar-refractivity contribution in [1.29, 1.82) is 0 Å². The number of hydrogen-bond acceptors (Lipinski definition) is 2. The summed E-state index contributed by atoms with van der Waals surface area (Å²) in [5.41, 5.74) is 7.42. The van der Waals surface area contributed by atoms with Gasteiger partial charge in [0.1, 0.15) is 6.26 Å². The van der Waals surface area contributed by atoms with E-state index in [9.17, 15) is 0 Å². The van der Waals surface area contributed by atoms with Crippen LogP contribution in [-0.4, -0.2) is 19.5 Å². The normalized spacial score (nSPS) is 12.6. The summed E-state index contributed by atoms with van der Waals surface area (Å²) < 4.78 is 5.02. The number of rotatable bonds is 2. The van der Waals surface area contributed by atoms with Crippen LogP contribution in [0, 0.1) is 0 Å². The highest BCUT2D eigenvalue weighted by Gasteiger charge is 2.25. The molecule has 0 amide bonds. The monoisotopic (exact) mass is 581 g/mol. The molecule has 5 heteroatoms. The molecular weight excluding hydrogens is 557 g/mol. The van der Waals surface area contributed by atoms with Gasteiger partial charge in [-0.05, 0) is 40.8 Å². The number of benzene rings is 6. The van der Waals surface area contributed by atoms with Gasteiger partial charge in [-0.25, -0.2) is 9.97 Å². The Bertz CT molecular complexity index is 2780. The third-order valence-corrected chi connectivity index (χ3v) is 11.2. The molecule has 0 bridgehead atoms. The van der Waals surface area contributed by atoms with E-state index in [1.165, 1.54) is 41.7 Å². The number of aromatic nitrogens is 4. The molecule has 0 saturated carbocycles. The molecule has 10 aromatic rings. The molecule has 1 unspecified atom stereocenters. The topological polar surface area (TPSA) is 46.5 Å². The summed E-state index contributed by atoms with van der Waals surface area (Å²) in [6.07, 6.45) is 2.33. The van der Waals surface area contributed by atoms with Crippen molar-refractivity contribution in [3.05, 3.63) is 127 Å². The van der Waals surface area contributed by atoms with Crippen LogP contribution in [-0.2, 0) is 6.26 Å². The zero-order valence-corrected chi connectivity index (χ0v) is 24.7. The predicted octanol–water partition coefficient (Wildman–Crippen LogP) is 10.6. The highest BCUT2D eigenvalue weighted by Crippen LogP contribution is 2.46. The summed E-state index contributed by atoms with van der Waals surface area (Å²) in [4.78, 5) is 14.6. The predicted molar refractivity (Wildman–Crippen MR) is 187 cm³/mol. The van der Waals surface area contributed by atoms with Gasteiger partial charge in [0.15, 0.2) is 9.40 Å². The number of nitrogens with one attached hydrogen (secondary N) is 1. The number of thiophene rings is 1. The molecule has 1 N–H and O–H groups in total. The van der Waals surface area contributed by atoms with E-state index in [0.29, 0.717) is 5.95 Å². The van der Waals surface area contributed by atoms with Crippen LogP contribution in [0.1, 0.15) is 0 Å². The molecule has 0 aliphatic rings. The smallest absolute Gasteiger partial charge is 0.235 e. The second kappa shape index (κ2) is 8.75. The molecule has 206 valence electrons. The molecule has 4 heterocycles. The van der Waals surface area contributed by atoms with Gasteiger partial charge in [0.2, 0.25) is 5.95 Å². The fraction of sp³-hybridized carbons (Fsp3) is 0.0256. The Kier molecular flexibility index (Phi) is 4.77. The van der Waals surface area contributed by atoms with E-state index in [4.69, 9.17) is 9.97 Å². The Labute approximate surface area is 254 Å². The van der Waals surface area contributed by atoms with Crippen molar-refractivity contribution < 1.29 is 0 Å². The Balaban J connectivity index is 1.41. The van der Waals surface area contributed by atoms with E-state index in [1.807, 2.05) is 0 Å². The van der Waals surface area contributed by atoms with E-state index in [0.717, 1.165) is 44.2 Å². The lowest BCUT2D eigenvalue weighted by Gasteiger charge is -2.12. The van der Waals surface area contributed by atoms with Gasteiger partial charge in [-0.2, -0.15) is 0 Å². The lowest BCUT2D eigenvalue weighted by Crippen LogP contribution is -2.04. The maximum absolute atomic E-state index is 5.49. The van der Waals surface area contributed by atoms with Crippen molar-refractivity contribution in [2.75, 3.05) is 0 Å². The van der Waals surface area contributed by atoms with Crippen LogP contribution < -0.4 is 0 Å². The van der Waals surface area contributed by atoms with Crippen LogP contribution in [0.3, 0.4) is 0 Å². The lowest BCUT2D eigenvalue weighted by molar-refractivity contribution is 1.02. The molecule has 44 heavy (non-hydrogen) atoms. The van der Waals surface area contributed by atoms with Gasteiger partial charge in [0.25, 0.3) is 0 Å². The number of aromatic amines is 1. The van der Waals surface area contributed by atoms with Crippen molar-refractivity contribution in [2.24, 2.45) is 6.26 Å². The summed E-state index contributed by atoms with van der Waals surface area (Å²) in [6, 6.07) is 45.5. The van der Waals surface area contributed by atoms with Crippen LogP contribution in [0.2, 0.25) is 0 Å². The maximum atomic E-state index is 5.49. The number of H-pyrrole nitrogens is 1. The largest absolute Gasteiger partial charge is 0.353 e. The van der Waals surface area contributed by atoms with Gasteiger partial charge >= 0.3 is 0 Å². The van der Waals surface area contributed by atoms with Crippen LogP contribution in [0.4, 0.5) is 0 Å². The third kappa shape index (κ3) is 3.11. The molecule has 1 atom stereocenters. The van der Waals surface area contributed by atoms with E-state index >= 15 is 0 Å². The molecule has 0 spiro atoms. The molecular formula is C39H25N4S+. The quantitative estimate of drug-likeness (QED) is 0.206. The molecule has 0 aliphatic carbocycles. The molecule has 6 aromatic carbocycles. The van der Waals surface area contributed by atoms with Crippen molar-refractivity contribution in [2.45, 2.75) is 0 Å². The highest BCUT2D eigenvalue weighted by atomic mass is 32.2. The Morgan fingerprint density at radius 2 is 1.30 bits per heavy atom. The molecule has 10 rings (SSSR count). The Morgan fingerprint density at radius 1 is 0.568 bits per heavy atom. The van der Waals surface area contributed by atoms with Crippen LogP contribution >= 0.6 is 10.5 Å². The summed E-state index contributed by atoms with van der Waals surface area (Å²) in [5, 5.41) is 8.48. The van der Waals surface area contributed by atoms with Crippen LogP contribution in [0.5, 0.6) is 0 Å². The van der Waals surface area contributed by atoms with E-state index in [-0.39, 0.29) is 10.5 Å². The summed E-state index contributed by atoms with van der Waals surface area (Å²) in [7, 11) is -0.00403. The van der Waals surface area contributed by atoms with Gasteiger partial charge in [0.05, 0.1) is 33.1 Å². The highest BCUT2D eigenvalue weighted by molar-refractivity contribution is 7.41. The zero-order valence-electron chi connectivity index (χ0n) is 23.9. The number of hydrogen-bond donors (Lipinski definition) is 1. The molecule has 4 aromatic heterocycles. The minimum absolute atomic E-state index is 0.00403. The van der Waals surface area contributed by atoms with Crippen molar-refractivity contribution in [3.8, 4) is 17.2 Å². The van der Waals surface area contributed by atoms with Crippen LogP contribution in [0.15, 0.2) is 127 Å². The average molecular weight is 582 g/mol.